The number of ether oxygens (including phenoxy) is 2. The first-order chi connectivity index (χ1) is 19.6. The van der Waals surface area contributed by atoms with Crippen molar-refractivity contribution >= 4 is 23.4 Å². The summed E-state index contributed by atoms with van der Waals surface area (Å²) >= 11 is 6.36. The summed E-state index contributed by atoms with van der Waals surface area (Å²) in [4.78, 5) is 24.3. The normalized spacial score (nSPS) is 14.7. The molecule has 1 aromatic heterocycles. The van der Waals surface area contributed by atoms with Crippen LogP contribution in [0.3, 0.4) is 0 Å². The SMILES string of the molecule is O=C(CCCc1cccn1-c1ccc(C(F)(F)F)cc1)c1ccc(Oc2cc3c(cc2Cl)C(C(=O)O)CCO3)cc1. The molecule has 0 saturated carbocycles. The molecule has 4 aromatic rings. The van der Waals surface area contributed by atoms with Gasteiger partial charge in [0.1, 0.15) is 17.2 Å². The van der Waals surface area contributed by atoms with Gasteiger partial charge in [0.2, 0.25) is 0 Å². The second-order valence-electron chi connectivity index (χ2n) is 9.67. The van der Waals surface area contributed by atoms with Crippen molar-refractivity contribution in [1.29, 1.82) is 0 Å². The number of aryl methyl sites for hydroxylation is 1. The first-order valence-corrected chi connectivity index (χ1v) is 13.3. The standard InChI is InChI=1S/C31H25ClF3NO5/c32-26-17-25-24(30(38)39)14-16-40-28(25)18-29(26)41-23-12-6-19(7-13-23)27(37)5-1-3-21-4-2-15-36(21)22-10-8-20(9-11-22)31(33,34)35/h2,4,6-13,15,17-18,24H,1,3,5,14,16H2,(H,38,39). The van der Waals surface area contributed by atoms with E-state index in [0.717, 1.165) is 17.8 Å². The molecule has 0 aliphatic carbocycles. The van der Waals surface area contributed by atoms with Gasteiger partial charge < -0.3 is 19.1 Å². The van der Waals surface area contributed by atoms with E-state index in [1.807, 2.05) is 16.7 Å². The maximum absolute atomic E-state index is 12.9. The number of ketones is 1. The maximum atomic E-state index is 12.9. The molecule has 1 N–H and O–H groups in total. The number of alkyl halides is 3. The van der Waals surface area contributed by atoms with Gasteiger partial charge in [0.15, 0.2) is 5.78 Å². The largest absolute Gasteiger partial charge is 0.493 e. The van der Waals surface area contributed by atoms with Crippen molar-refractivity contribution in [2.45, 2.75) is 37.8 Å². The Bertz CT molecular complexity index is 1560. The second-order valence-corrected chi connectivity index (χ2v) is 10.1. The predicted molar refractivity (Wildman–Crippen MR) is 146 cm³/mol. The van der Waals surface area contributed by atoms with E-state index >= 15 is 0 Å². The number of nitrogens with zero attached hydrogens (tertiary/aromatic N) is 1. The lowest BCUT2D eigenvalue weighted by Gasteiger charge is -2.24. The van der Waals surface area contributed by atoms with Crippen LogP contribution < -0.4 is 9.47 Å². The highest BCUT2D eigenvalue weighted by Gasteiger charge is 2.30. The first-order valence-electron chi connectivity index (χ1n) is 12.9. The molecule has 6 nitrogen and oxygen atoms in total. The van der Waals surface area contributed by atoms with Crippen molar-refractivity contribution in [2.24, 2.45) is 0 Å². The molecule has 10 heteroatoms. The van der Waals surface area contributed by atoms with Gasteiger partial charge in [0.05, 0.1) is 23.1 Å². The highest BCUT2D eigenvalue weighted by molar-refractivity contribution is 6.32. The molecule has 5 rings (SSSR count). The van der Waals surface area contributed by atoms with Crippen LogP contribution in [0.15, 0.2) is 79.0 Å². The zero-order valence-electron chi connectivity index (χ0n) is 21.7. The molecule has 0 bridgehead atoms. The number of hydrogen-bond acceptors (Lipinski definition) is 4. The van der Waals surface area contributed by atoms with E-state index in [0.29, 0.717) is 53.3 Å². The Kier molecular flexibility index (Phi) is 8.08. The number of carboxylic acids is 1. The van der Waals surface area contributed by atoms with Crippen molar-refractivity contribution in [3.63, 3.8) is 0 Å². The Morgan fingerprint density at radius 1 is 1.05 bits per heavy atom. The lowest BCUT2D eigenvalue weighted by molar-refractivity contribution is -0.139. The average molecular weight is 584 g/mol. The molecule has 3 aromatic carbocycles. The summed E-state index contributed by atoms with van der Waals surface area (Å²) < 4.78 is 51.9. The van der Waals surface area contributed by atoms with Gasteiger partial charge in [-0.3, -0.25) is 9.59 Å². The third-order valence-electron chi connectivity index (χ3n) is 6.95. The number of carbonyl (C=O) groups is 2. The Morgan fingerprint density at radius 3 is 2.46 bits per heavy atom. The molecule has 1 unspecified atom stereocenters. The van der Waals surface area contributed by atoms with Crippen LogP contribution in [0.2, 0.25) is 5.02 Å². The quantitative estimate of drug-likeness (QED) is 0.201. The van der Waals surface area contributed by atoms with Gasteiger partial charge in [-0.05, 0) is 86.0 Å². The van der Waals surface area contributed by atoms with Crippen molar-refractivity contribution in [2.75, 3.05) is 6.61 Å². The van der Waals surface area contributed by atoms with Crippen LogP contribution in [0.4, 0.5) is 13.2 Å². The summed E-state index contributed by atoms with van der Waals surface area (Å²) in [5.74, 6) is -0.504. The third-order valence-corrected chi connectivity index (χ3v) is 7.24. The molecular formula is C31H25ClF3NO5. The molecule has 41 heavy (non-hydrogen) atoms. The number of aliphatic carboxylic acids is 1. The minimum atomic E-state index is -4.39. The van der Waals surface area contributed by atoms with E-state index in [9.17, 15) is 27.9 Å². The van der Waals surface area contributed by atoms with E-state index in [1.165, 1.54) is 12.1 Å². The Morgan fingerprint density at radius 2 is 1.78 bits per heavy atom. The van der Waals surface area contributed by atoms with Crippen molar-refractivity contribution in [1.82, 2.24) is 4.57 Å². The summed E-state index contributed by atoms with van der Waals surface area (Å²) in [7, 11) is 0. The van der Waals surface area contributed by atoms with Crippen LogP contribution in [0.5, 0.6) is 17.2 Å². The van der Waals surface area contributed by atoms with Gasteiger partial charge >= 0.3 is 12.1 Å². The van der Waals surface area contributed by atoms with Gasteiger partial charge in [-0.2, -0.15) is 13.2 Å². The number of rotatable bonds is 9. The molecule has 0 amide bonds. The summed E-state index contributed by atoms with van der Waals surface area (Å²) in [6.07, 6.45) is -0.826. The van der Waals surface area contributed by atoms with Crippen LogP contribution >= 0.6 is 11.6 Å². The molecule has 212 valence electrons. The topological polar surface area (TPSA) is 77.8 Å². The number of carboxylic acid groups (broad SMARTS) is 1. The minimum absolute atomic E-state index is 0.0517. The fourth-order valence-electron chi connectivity index (χ4n) is 4.82. The number of benzene rings is 3. The van der Waals surface area contributed by atoms with Gasteiger partial charge in [-0.1, -0.05) is 11.6 Å². The first kappa shape index (κ1) is 28.3. The molecule has 0 saturated heterocycles. The molecule has 1 aliphatic rings. The number of carbonyl (C=O) groups excluding carboxylic acids is 1. The molecule has 2 heterocycles. The van der Waals surface area contributed by atoms with Crippen molar-refractivity contribution < 1.29 is 37.3 Å². The molecule has 1 aliphatic heterocycles. The van der Waals surface area contributed by atoms with E-state index in [2.05, 4.69) is 0 Å². The van der Waals surface area contributed by atoms with E-state index in [4.69, 9.17) is 21.1 Å². The Hall–Kier alpha value is -4.24. The Balaban J connectivity index is 1.18. The predicted octanol–water partition coefficient (Wildman–Crippen LogP) is 8.10. The molecular weight excluding hydrogens is 559 g/mol. The summed E-state index contributed by atoms with van der Waals surface area (Å²) in [5, 5.41) is 9.70. The highest BCUT2D eigenvalue weighted by Crippen LogP contribution is 2.42. The van der Waals surface area contributed by atoms with E-state index in [1.54, 1.807) is 42.6 Å². The Labute approximate surface area is 238 Å². The fraction of sp³-hybridized carbons (Fsp3) is 0.226. The second kappa shape index (κ2) is 11.7. The zero-order chi connectivity index (χ0) is 29.1. The molecule has 0 spiro atoms. The average Bonchev–Trinajstić information content (AvgIpc) is 3.41. The van der Waals surface area contributed by atoms with Crippen LogP contribution in [0.25, 0.3) is 5.69 Å². The van der Waals surface area contributed by atoms with E-state index < -0.39 is 23.6 Å². The monoisotopic (exact) mass is 583 g/mol. The van der Waals surface area contributed by atoms with Crippen molar-refractivity contribution in [3.05, 3.63) is 106 Å². The fourth-order valence-corrected chi connectivity index (χ4v) is 5.03. The van der Waals surface area contributed by atoms with Crippen LogP contribution in [0.1, 0.15) is 52.4 Å². The lowest BCUT2D eigenvalue weighted by atomic mass is 9.93. The van der Waals surface area contributed by atoms with E-state index in [-0.39, 0.29) is 23.8 Å². The number of aromatic nitrogens is 1. The van der Waals surface area contributed by atoms with Crippen LogP contribution in [-0.4, -0.2) is 28.0 Å². The van der Waals surface area contributed by atoms with Gasteiger partial charge in [-0.25, -0.2) is 0 Å². The smallest absolute Gasteiger partial charge is 0.416 e. The molecule has 1 atom stereocenters. The van der Waals surface area contributed by atoms with Crippen LogP contribution in [-0.2, 0) is 17.4 Å². The number of halogens is 4. The van der Waals surface area contributed by atoms with Gasteiger partial charge in [0, 0.05) is 41.2 Å². The van der Waals surface area contributed by atoms with Crippen LogP contribution in [0, 0.1) is 0 Å². The summed E-state index contributed by atoms with van der Waals surface area (Å²) in [6.45, 7) is 0.280. The van der Waals surface area contributed by atoms with Crippen molar-refractivity contribution in [3.8, 4) is 22.9 Å². The third kappa shape index (κ3) is 6.41. The number of fused-ring (bicyclic) bond motifs is 1. The summed E-state index contributed by atoms with van der Waals surface area (Å²) in [6, 6.07) is 18.4. The molecule has 0 radical (unpaired) electrons. The van der Waals surface area contributed by atoms with Gasteiger partial charge in [0.25, 0.3) is 0 Å². The number of Topliss-reactive ketones (excluding diaryl/α,β-unsaturated/α-hetero) is 1. The number of hydrogen-bond donors (Lipinski definition) is 1. The molecule has 0 fully saturated rings. The zero-order valence-corrected chi connectivity index (χ0v) is 22.4. The lowest BCUT2D eigenvalue weighted by Crippen LogP contribution is -2.20. The maximum Gasteiger partial charge on any atom is 0.416 e. The summed E-state index contributed by atoms with van der Waals surface area (Å²) in [5.41, 5.74) is 1.83. The highest BCUT2D eigenvalue weighted by atomic mass is 35.5. The van der Waals surface area contributed by atoms with Gasteiger partial charge in [-0.15, -0.1) is 0 Å². The minimum Gasteiger partial charge on any atom is -0.493 e.